The number of nitrogens with one attached hydrogen (secondary N) is 1. The molecule has 5 nitrogen and oxygen atoms in total. The maximum absolute atomic E-state index is 12.3. The van der Waals surface area contributed by atoms with E-state index in [2.05, 4.69) is 5.32 Å². The van der Waals surface area contributed by atoms with Crippen molar-refractivity contribution in [3.8, 4) is 0 Å². The maximum Gasteiger partial charge on any atom is 0.331 e. The molecular formula is C14H15N3O2S. The molecule has 20 heavy (non-hydrogen) atoms. The lowest BCUT2D eigenvalue weighted by Crippen LogP contribution is -2.41. The molecule has 3 rings (SSSR count). The standard InChI is InChI=1S/C14H15N3O2S/c1-8(2)17-13-11(12(18)16(3)14(17)19)15-9-6-4-5-7-10(9)20-13/h4-8,15H,1-3H3. The van der Waals surface area contributed by atoms with Gasteiger partial charge in [-0.25, -0.2) is 4.79 Å². The maximum atomic E-state index is 12.3. The summed E-state index contributed by atoms with van der Waals surface area (Å²) in [6.07, 6.45) is 0. The topological polar surface area (TPSA) is 56.0 Å². The van der Waals surface area contributed by atoms with Gasteiger partial charge in [-0.05, 0) is 26.0 Å². The van der Waals surface area contributed by atoms with Crippen LogP contribution in [0.2, 0.25) is 0 Å². The SMILES string of the molecule is CC(C)n1c2c(c(=O)n(C)c1=O)Nc1ccccc1S2. The molecule has 0 amide bonds. The van der Waals surface area contributed by atoms with E-state index in [1.54, 1.807) is 4.57 Å². The first-order valence-electron chi connectivity index (χ1n) is 6.40. The number of aromatic nitrogens is 2. The first kappa shape index (κ1) is 13.1. The summed E-state index contributed by atoms with van der Waals surface area (Å²) in [6, 6.07) is 7.75. The number of benzene rings is 1. The lowest BCUT2D eigenvalue weighted by Gasteiger charge is -2.25. The van der Waals surface area contributed by atoms with Crippen molar-refractivity contribution in [1.82, 2.24) is 9.13 Å². The second-order valence-electron chi connectivity index (χ2n) is 5.01. The highest BCUT2D eigenvalue weighted by Gasteiger charge is 2.25. The molecule has 0 spiro atoms. The van der Waals surface area contributed by atoms with Crippen LogP contribution in [0, 0.1) is 0 Å². The van der Waals surface area contributed by atoms with Gasteiger partial charge in [-0.3, -0.25) is 13.9 Å². The highest BCUT2D eigenvalue weighted by molar-refractivity contribution is 7.99. The first-order valence-corrected chi connectivity index (χ1v) is 7.21. The number of anilines is 2. The number of para-hydroxylation sites is 1. The zero-order valence-corrected chi connectivity index (χ0v) is 12.3. The van der Waals surface area contributed by atoms with Crippen molar-refractivity contribution in [2.45, 2.75) is 29.8 Å². The molecule has 1 aliphatic rings. The monoisotopic (exact) mass is 289 g/mol. The largest absolute Gasteiger partial charge is 0.348 e. The Hall–Kier alpha value is -1.95. The Morgan fingerprint density at radius 1 is 1.20 bits per heavy atom. The van der Waals surface area contributed by atoms with E-state index in [1.807, 2.05) is 38.1 Å². The third-order valence-corrected chi connectivity index (χ3v) is 4.48. The van der Waals surface area contributed by atoms with Crippen molar-refractivity contribution in [3.05, 3.63) is 45.1 Å². The van der Waals surface area contributed by atoms with Gasteiger partial charge in [0.05, 0.1) is 5.69 Å². The Morgan fingerprint density at radius 3 is 2.60 bits per heavy atom. The Kier molecular flexibility index (Phi) is 2.97. The summed E-state index contributed by atoms with van der Waals surface area (Å²) in [5, 5.41) is 3.85. The fraction of sp³-hybridized carbons (Fsp3) is 0.286. The molecule has 0 bridgehead atoms. The number of hydrogen-bond acceptors (Lipinski definition) is 4. The number of fused-ring (bicyclic) bond motifs is 2. The summed E-state index contributed by atoms with van der Waals surface area (Å²) in [5.74, 6) is 0. The first-order chi connectivity index (χ1) is 9.50. The molecule has 0 unspecified atom stereocenters. The molecule has 0 aliphatic carbocycles. The van der Waals surface area contributed by atoms with Crippen molar-refractivity contribution in [1.29, 1.82) is 0 Å². The summed E-state index contributed by atoms with van der Waals surface area (Å²) in [6.45, 7) is 3.88. The van der Waals surface area contributed by atoms with Crippen LogP contribution < -0.4 is 16.6 Å². The van der Waals surface area contributed by atoms with Gasteiger partial charge in [-0.2, -0.15) is 0 Å². The minimum Gasteiger partial charge on any atom is -0.348 e. The van der Waals surface area contributed by atoms with Gasteiger partial charge in [-0.15, -0.1) is 0 Å². The van der Waals surface area contributed by atoms with E-state index < -0.39 is 0 Å². The molecule has 0 saturated carbocycles. The number of rotatable bonds is 1. The van der Waals surface area contributed by atoms with Crippen molar-refractivity contribution >= 4 is 23.1 Å². The molecule has 0 saturated heterocycles. The lowest BCUT2D eigenvalue weighted by atomic mass is 10.3. The second kappa shape index (κ2) is 4.56. The van der Waals surface area contributed by atoms with Crippen LogP contribution in [0.25, 0.3) is 0 Å². The molecule has 104 valence electrons. The minimum atomic E-state index is -0.288. The Morgan fingerprint density at radius 2 is 1.90 bits per heavy atom. The smallest absolute Gasteiger partial charge is 0.331 e. The van der Waals surface area contributed by atoms with E-state index in [9.17, 15) is 9.59 Å². The third kappa shape index (κ3) is 1.79. The van der Waals surface area contributed by atoms with Crippen LogP contribution >= 0.6 is 11.8 Å². The second-order valence-corrected chi connectivity index (χ2v) is 6.04. The minimum absolute atomic E-state index is 0.0115. The van der Waals surface area contributed by atoms with Gasteiger partial charge in [0.15, 0.2) is 0 Å². The van der Waals surface area contributed by atoms with Crippen LogP contribution in [-0.2, 0) is 7.05 Å². The Bertz CT molecular complexity index is 805. The van der Waals surface area contributed by atoms with E-state index in [-0.39, 0.29) is 17.3 Å². The summed E-state index contributed by atoms with van der Waals surface area (Å²) in [5.41, 5.74) is 0.807. The highest BCUT2D eigenvalue weighted by atomic mass is 32.2. The van der Waals surface area contributed by atoms with Crippen molar-refractivity contribution in [2.24, 2.45) is 7.05 Å². The van der Waals surface area contributed by atoms with Crippen LogP contribution in [0.1, 0.15) is 19.9 Å². The van der Waals surface area contributed by atoms with Crippen molar-refractivity contribution in [2.75, 3.05) is 5.32 Å². The summed E-state index contributed by atoms with van der Waals surface area (Å²) in [4.78, 5) is 25.6. The molecule has 6 heteroatoms. The van der Waals surface area contributed by atoms with Crippen LogP contribution in [0.15, 0.2) is 43.8 Å². The summed E-state index contributed by atoms with van der Waals surface area (Å²) < 4.78 is 2.81. The number of nitrogens with zero attached hydrogens (tertiary/aromatic N) is 2. The summed E-state index contributed by atoms with van der Waals surface area (Å²) in [7, 11) is 1.51. The molecule has 0 radical (unpaired) electrons. The van der Waals surface area contributed by atoms with Gasteiger partial charge in [0, 0.05) is 18.0 Å². The molecule has 2 aromatic rings. The van der Waals surface area contributed by atoms with E-state index in [4.69, 9.17) is 0 Å². The van der Waals surface area contributed by atoms with E-state index in [0.717, 1.165) is 15.1 Å². The Balaban J connectivity index is 2.33. The van der Waals surface area contributed by atoms with E-state index in [0.29, 0.717) is 10.7 Å². The zero-order chi connectivity index (χ0) is 14.4. The normalized spacial score (nSPS) is 12.8. The van der Waals surface area contributed by atoms with Gasteiger partial charge < -0.3 is 5.32 Å². The highest BCUT2D eigenvalue weighted by Crippen LogP contribution is 2.42. The Labute approximate surface area is 120 Å². The quantitative estimate of drug-likeness (QED) is 0.699. The predicted molar refractivity (Wildman–Crippen MR) is 80.2 cm³/mol. The summed E-state index contributed by atoms with van der Waals surface area (Å²) >= 11 is 1.46. The van der Waals surface area contributed by atoms with Crippen molar-refractivity contribution < 1.29 is 0 Å². The molecule has 0 fully saturated rings. The molecule has 2 heterocycles. The molecular weight excluding hydrogens is 274 g/mol. The van der Waals surface area contributed by atoms with Gasteiger partial charge in [0.25, 0.3) is 5.56 Å². The molecule has 1 aromatic carbocycles. The zero-order valence-electron chi connectivity index (χ0n) is 11.5. The van der Waals surface area contributed by atoms with Crippen LogP contribution in [-0.4, -0.2) is 9.13 Å². The van der Waals surface area contributed by atoms with Crippen LogP contribution in [0.3, 0.4) is 0 Å². The predicted octanol–water partition coefficient (Wildman–Crippen LogP) is 2.34. The average molecular weight is 289 g/mol. The lowest BCUT2D eigenvalue weighted by molar-refractivity contribution is 0.493. The van der Waals surface area contributed by atoms with E-state index >= 15 is 0 Å². The van der Waals surface area contributed by atoms with Crippen molar-refractivity contribution in [3.63, 3.8) is 0 Å². The van der Waals surface area contributed by atoms with Gasteiger partial charge in [0.2, 0.25) is 0 Å². The van der Waals surface area contributed by atoms with Gasteiger partial charge in [-0.1, -0.05) is 23.9 Å². The fourth-order valence-electron chi connectivity index (χ4n) is 2.28. The fourth-order valence-corrected chi connectivity index (χ4v) is 3.49. The third-order valence-electron chi connectivity index (χ3n) is 3.31. The van der Waals surface area contributed by atoms with E-state index in [1.165, 1.54) is 18.8 Å². The van der Waals surface area contributed by atoms with Gasteiger partial charge in [0.1, 0.15) is 10.7 Å². The van der Waals surface area contributed by atoms with Crippen LogP contribution in [0.4, 0.5) is 11.4 Å². The average Bonchev–Trinajstić information content (AvgIpc) is 2.43. The molecule has 0 atom stereocenters. The molecule has 1 aromatic heterocycles. The molecule has 1 aliphatic heterocycles. The van der Waals surface area contributed by atoms with Crippen LogP contribution in [0.5, 0.6) is 0 Å². The number of hydrogen-bond donors (Lipinski definition) is 1. The molecule has 1 N–H and O–H groups in total. The van der Waals surface area contributed by atoms with Gasteiger partial charge >= 0.3 is 5.69 Å².